The first kappa shape index (κ1) is 11.2. The Kier molecular flexibility index (Phi) is 2.76. The Balaban J connectivity index is 2.08. The van der Waals surface area contributed by atoms with Crippen LogP contribution in [0.15, 0.2) is 42.5 Å². The largest absolute Gasteiger partial charge is 0.474 e. The number of benzene rings is 2. The maximum atomic E-state index is 13.3. The third kappa shape index (κ3) is 1.87. The predicted octanol–water partition coefficient (Wildman–Crippen LogP) is 2.97. The highest BCUT2D eigenvalue weighted by atomic mass is 19.1. The van der Waals surface area contributed by atoms with Crippen LogP contribution in [-0.4, -0.2) is 13.3 Å². The number of nitrogens with one attached hydrogen (secondary N) is 1. The molecule has 1 unspecified atom stereocenters. The second-order valence-corrected chi connectivity index (χ2v) is 4.40. The number of likely N-dealkylation sites (N-methyl/N-ethyl adjacent to an activating group) is 1. The Morgan fingerprint density at radius 3 is 2.83 bits per heavy atom. The summed E-state index contributed by atoms with van der Waals surface area (Å²) < 4.78 is 19.1. The van der Waals surface area contributed by atoms with Crippen LogP contribution in [0.2, 0.25) is 0 Å². The van der Waals surface area contributed by atoms with Gasteiger partial charge in [0.15, 0.2) is 6.23 Å². The zero-order chi connectivity index (χ0) is 12.5. The molecule has 1 aliphatic heterocycles. The molecule has 0 spiro atoms. The van der Waals surface area contributed by atoms with Gasteiger partial charge in [0.25, 0.3) is 0 Å². The van der Waals surface area contributed by atoms with E-state index in [-0.39, 0.29) is 12.0 Å². The molecule has 18 heavy (non-hydrogen) atoms. The van der Waals surface area contributed by atoms with Gasteiger partial charge < -0.3 is 4.74 Å². The third-order valence-corrected chi connectivity index (χ3v) is 3.22. The van der Waals surface area contributed by atoms with Crippen LogP contribution >= 0.6 is 0 Å². The number of para-hydroxylation sites is 1. The molecule has 0 saturated carbocycles. The van der Waals surface area contributed by atoms with Crippen molar-refractivity contribution in [2.24, 2.45) is 0 Å². The molecule has 0 saturated heterocycles. The van der Waals surface area contributed by atoms with E-state index in [2.05, 4.69) is 11.4 Å². The highest BCUT2D eigenvalue weighted by molar-refractivity contribution is 5.73. The fraction of sp³-hybridized carbons (Fsp3) is 0.200. The number of hydrogen-bond donors (Lipinski definition) is 1. The number of hydrogen-bond acceptors (Lipinski definition) is 2. The number of halogens is 1. The molecule has 0 fully saturated rings. The van der Waals surface area contributed by atoms with Crippen molar-refractivity contribution in [2.45, 2.75) is 12.6 Å². The van der Waals surface area contributed by atoms with Crippen LogP contribution in [-0.2, 0) is 6.42 Å². The first-order chi connectivity index (χ1) is 8.78. The maximum Gasteiger partial charge on any atom is 0.154 e. The molecule has 0 radical (unpaired) electrons. The van der Waals surface area contributed by atoms with Crippen molar-refractivity contribution in [3.05, 3.63) is 53.8 Å². The van der Waals surface area contributed by atoms with E-state index in [0.29, 0.717) is 0 Å². The molecule has 2 aromatic carbocycles. The fourth-order valence-corrected chi connectivity index (χ4v) is 2.31. The van der Waals surface area contributed by atoms with Crippen molar-refractivity contribution in [3.63, 3.8) is 0 Å². The van der Waals surface area contributed by atoms with Gasteiger partial charge in [0.2, 0.25) is 0 Å². The third-order valence-electron chi connectivity index (χ3n) is 3.22. The molecule has 3 rings (SSSR count). The molecule has 1 N–H and O–H groups in total. The topological polar surface area (TPSA) is 21.3 Å². The van der Waals surface area contributed by atoms with Gasteiger partial charge >= 0.3 is 0 Å². The van der Waals surface area contributed by atoms with E-state index in [0.717, 1.165) is 28.9 Å². The molecule has 1 aliphatic rings. The Bertz CT molecular complexity index is 582. The van der Waals surface area contributed by atoms with Gasteiger partial charge in [0, 0.05) is 12.0 Å². The van der Waals surface area contributed by atoms with Gasteiger partial charge in [0.1, 0.15) is 11.6 Å². The van der Waals surface area contributed by atoms with Crippen LogP contribution in [0.5, 0.6) is 5.75 Å². The summed E-state index contributed by atoms with van der Waals surface area (Å²) in [4.78, 5) is 0. The molecule has 1 heterocycles. The molecule has 0 aliphatic carbocycles. The molecule has 0 bridgehead atoms. The van der Waals surface area contributed by atoms with E-state index in [1.807, 2.05) is 25.2 Å². The highest BCUT2D eigenvalue weighted by Gasteiger charge is 2.24. The minimum Gasteiger partial charge on any atom is -0.474 e. The van der Waals surface area contributed by atoms with Gasteiger partial charge in [-0.3, -0.25) is 5.32 Å². The number of ether oxygens (including phenoxy) is 1. The van der Waals surface area contributed by atoms with Crippen molar-refractivity contribution in [2.75, 3.05) is 7.05 Å². The summed E-state index contributed by atoms with van der Waals surface area (Å²) in [6.45, 7) is 0. The van der Waals surface area contributed by atoms with Gasteiger partial charge in [-0.2, -0.15) is 0 Å². The van der Waals surface area contributed by atoms with E-state index in [1.54, 1.807) is 6.07 Å². The van der Waals surface area contributed by atoms with Crippen LogP contribution in [0, 0.1) is 5.82 Å². The number of fused-ring (bicyclic) bond motifs is 1. The Morgan fingerprint density at radius 1 is 1.22 bits per heavy atom. The lowest BCUT2D eigenvalue weighted by Crippen LogP contribution is -2.29. The average Bonchev–Trinajstić information content (AvgIpc) is 2.81. The summed E-state index contributed by atoms with van der Waals surface area (Å²) in [6, 6.07) is 12.6. The van der Waals surface area contributed by atoms with Crippen LogP contribution in [0.3, 0.4) is 0 Å². The van der Waals surface area contributed by atoms with Crippen molar-refractivity contribution in [1.29, 1.82) is 0 Å². The van der Waals surface area contributed by atoms with Gasteiger partial charge in [-0.1, -0.05) is 30.3 Å². The highest BCUT2D eigenvalue weighted by Crippen LogP contribution is 2.38. The first-order valence-corrected chi connectivity index (χ1v) is 5.99. The molecule has 3 heteroatoms. The molecule has 2 aromatic rings. The molecule has 1 atom stereocenters. The monoisotopic (exact) mass is 243 g/mol. The van der Waals surface area contributed by atoms with Crippen LogP contribution in [0.1, 0.15) is 5.56 Å². The van der Waals surface area contributed by atoms with Crippen LogP contribution < -0.4 is 10.1 Å². The molecular weight excluding hydrogens is 229 g/mol. The quantitative estimate of drug-likeness (QED) is 0.875. The lowest BCUT2D eigenvalue weighted by Gasteiger charge is -2.11. The standard InChI is InChI=1S/C15H14FNO/c1-17-14-9-11-5-3-7-13(15(11)18-14)10-4-2-6-12(16)8-10/h2-8,14,17H,9H2,1H3. The smallest absolute Gasteiger partial charge is 0.154 e. The molecule has 2 nitrogen and oxygen atoms in total. The number of rotatable bonds is 2. The second-order valence-electron chi connectivity index (χ2n) is 4.40. The first-order valence-electron chi connectivity index (χ1n) is 5.99. The fourth-order valence-electron chi connectivity index (χ4n) is 2.31. The van der Waals surface area contributed by atoms with E-state index in [1.165, 1.54) is 12.1 Å². The zero-order valence-electron chi connectivity index (χ0n) is 10.1. The lowest BCUT2D eigenvalue weighted by molar-refractivity contribution is 0.204. The van der Waals surface area contributed by atoms with E-state index >= 15 is 0 Å². The van der Waals surface area contributed by atoms with E-state index in [9.17, 15) is 4.39 Å². The Hall–Kier alpha value is -1.87. The van der Waals surface area contributed by atoms with Crippen LogP contribution in [0.4, 0.5) is 4.39 Å². The second kappa shape index (κ2) is 4.42. The SMILES string of the molecule is CNC1Cc2cccc(-c3cccc(F)c3)c2O1. The predicted molar refractivity (Wildman–Crippen MR) is 69.0 cm³/mol. The molecule has 92 valence electrons. The summed E-state index contributed by atoms with van der Waals surface area (Å²) in [5.74, 6) is 0.635. The minimum atomic E-state index is -0.228. The minimum absolute atomic E-state index is 0.00899. The summed E-state index contributed by atoms with van der Waals surface area (Å²) in [7, 11) is 1.87. The van der Waals surface area contributed by atoms with Crippen molar-refractivity contribution in [3.8, 4) is 16.9 Å². The van der Waals surface area contributed by atoms with Gasteiger partial charge in [-0.25, -0.2) is 4.39 Å². The summed E-state index contributed by atoms with van der Waals surface area (Å²) in [5, 5.41) is 3.10. The van der Waals surface area contributed by atoms with Crippen molar-refractivity contribution >= 4 is 0 Å². The lowest BCUT2D eigenvalue weighted by atomic mass is 10.0. The van der Waals surface area contributed by atoms with Crippen LogP contribution in [0.25, 0.3) is 11.1 Å². The average molecular weight is 243 g/mol. The zero-order valence-corrected chi connectivity index (χ0v) is 10.1. The molecule has 0 aromatic heterocycles. The summed E-state index contributed by atoms with van der Waals surface area (Å²) in [6.07, 6.45) is 0.851. The summed E-state index contributed by atoms with van der Waals surface area (Å²) >= 11 is 0. The summed E-state index contributed by atoms with van der Waals surface area (Å²) in [5.41, 5.74) is 2.96. The van der Waals surface area contributed by atoms with Crippen molar-refractivity contribution < 1.29 is 9.13 Å². The van der Waals surface area contributed by atoms with Gasteiger partial charge in [0.05, 0.1) is 0 Å². The van der Waals surface area contributed by atoms with Crippen molar-refractivity contribution in [1.82, 2.24) is 5.32 Å². The Labute approximate surface area is 105 Å². The van der Waals surface area contributed by atoms with E-state index < -0.39 is 0 Å². The maximum absolute atomic E-state index is 13.3. The molecular formula is C15H14FNO. The normalized spacial score (nSPS) is 17.3. The Morgan fingerprint density at radius 2 is 2.06 bits per heavy atom. The van der Waals surface area contributed by atoms with Gasteiger partial charge in [-0.05, 0) is 30.3 Å². The molecule has 0 amide bonds. The van der Waals surface area contributed by atoms with E-state index in [4.69, 9.17) is 4.74 Å². The van der Waals surface area contributed by atoms with Gasteiger partial charge in [-0.15, -0.1) is 0 Å².